The van der Waals surface area contributed by atoms with Gasteiger partial charge in [-0.3, -0.25) is 19.6 Å². The zero-order valence-electron chi connectivity index (χ0n) is 24.3. The molecule has 0 radical (unpaired) electrons. The van der Waals surface area contributed by atoms with E-state index in [0.717, 1.165) is 51.1 Å². The van der Waals surface area contributed by atoms with Crippen LogP contribution >= 0.6 is 0 Å². The Hall–Kier alpha value is -4.40. The summed E-state index contributed by atoms with van der Waals surface area (Å²) < 4.78 is 100. The van der Waals surface area contributed by atoms with Gasteiger partial charge >= 0.3 is 36.4 Å². The molecule has 2 fully saturated rings. The molecule has 3 N–H and O–H groups in total. The van der Waals surface area contributed by atoms with E-state index in [-0.39, 0.29) is 11.4 Å². The number of alkyl halides is 9. The third-order valence-electron chi connectivity index (χ3n) is 6.61. The van der Waals surface area contributed by atoms with Crippen molar-refractivity contribution in [2.24, 2.45) is 0 Å². The topological polar surface area (TPSA) is 165 Å². The maximum atomic E-state index is 13.4. The zero-order valence-corrected chi connectivity index (χ0v) is 24.3. The molecule has 47 heavy (non-hydrogen) atoms. The molecule has 1 spiro atoms. The molecule has 0 aromatic carbocycles. The van der Waals surface area contributed by atoms with Gasteiger partial charge in [-0.25, -0.2) is 14.4 Å². The lowest BCUT2D eigenvalue weighted by Crippen LogP contribution is -2.67. The molecular formula is C26H29F9N4O8. The van der Waals surface area contributed by atoms with E-state index in [1.165, 1.54) is 5.56 Å². The molecule has 2 aliphatic heterocycles. The second-order valence-corrected chi connectivity index (χ2v) is 9.86. The molecule has 0 bridgehead atoms. The fourth-order valence-corrected chi connectivity index (χ4v) is 4.22. The molecule has 264 valence electrons. The molecule has 4 heterocycles. The summed E-state index contributed by atoms with van der Waals surface area (Å²) in [7, 11) is 2.10. The Morgan fingerprint density at radius 2 is 1.30 bits per heavy atom. The van der Waals surface area contributed by atoms with Crippen molar-refractivity contribution in [1.82, 2.24) is 19.7 Å². The van der Waals surface area contributed by atoms with Crippen molar-refractivity contribution in [1.29, 1.82) is 0 Å². The second kappa shape index (κ2) is 17.0. The number of nitrogens with zero attached hydrogens (tertiary/aromatic N) is 4. The third-order valence-corrected chi connectivity index (χ3v) is 6.61. The minimum Gasteiger partial charge on any atom is -0.475 e. The first-order chi connectivity index (χ1) is 21.5. The summed E-state index contributed by atoms with van der Waals surface area (Å²) in [5.74, 6) is -7.99. The summed E-state index contributed by atoms with van der Waals surface area (Å²) in [6.45, 7) is 5.12. The average Bonchev–Trinajstić information content (AvgIpc) is 3.48. The summed E-state index contributed by atoms with van der Waals surface area (Å²) in [5, 5.41) is 21.4. The Balaban J connectivity index is 0.000000430. The molecule has 0 atom stereocenters. The number of pyridine rings is 1. The van der Waals surface area contributed by atoms with Crippen LogP contribution in [0.5, 0.6) is 0 Å². The van der Waals surface area contributed by atoms with Gasteiger partial charge in [0.15, 0.2) is 0 Å². The second-order valence-electron chi connectivity index (χ2n) is 9.86. The van der Waals surface area contributed by atoms with Gasteiger partial charge in [0.25, 0.3) is 0 Å². The summed E-state index contributed by atoms with van der Waals surface area (Å²) in [5.41, 5.74) is 1.94. The number of hydrogen-bond donors (Lipinski definition) is 3. The van der Waals surface area contributed by atoms with Crippen LogP contribution in [0.15, 0.2) is 47.5 Å². The number of piperidine rings is 1. The maximum Gasteiger partial charge on any atom is 0.490 e. The predicted octanol–water partition coefficient (Wildman–Crippen LogP) is 3.88. The molecule has 2 aliphatic rings. The number of likely N-dealkylation sites (tertiary alicyclic amines) is 1. The summed E-state index contributed by atoms with van der Waals surface area (Å²) in [4.78, 5) is 50.9. The highest BCUT2D eigenvalue weighted by atomic mass is 19.4. The number of rotatable bonds is 4. The molecule has 0 aliphatic carbocycles. The Morgan fingerprint density at radius 3 is 1.68 bits per heavy atom. The van der Waals surface area contributed by atoms with E-state index in [4.69, 9.17) is 34.1 Å². The average molecular weight is 697 g/mol. The molecule has 12 nitrogen and oxygen atoms in total. The Kier molecular flexibility index (Phi) is 14.7. The number of carboxylic acid groups (broad SMARTS) is 3. The number of furan rings is 1. The lowest BCUT2D eigenvalue weighted by molar-refractivity contribution is -0.193. The van der Waals surface area contributed by atoms with E-state index >= 15 is 0 Å². The van der Waals surface area contributed by atoms with Crippen molar-refractivity contribution in [3.63, 3.8) is 0 Å². The van der Waals surface area contributed by atoms with Crippen molar-refractivity contribution in [2.45, 2.75) is 50.0 Å². The number of likely N-dealkylation sites (N-methyl/N-ethyl adjacent to an activating group) is 1. The minimum absolute atomic E-state index is 0.276. The van der Waals surface area contributed by atoms with Crippen molar-refractivity contribution in [3.05, 3.63) is 54.2 Å². The molecule has 4 rings (SSSR count). The SMILES string of the molecule is CN1CCN(Cc2cccnc2)C(=O)C12CCN(Cc1ccoc1)CC2.O=C(O)C(F)(F)F.O=C(O)C(F)(F)F.O=C(O)C(F)(F)F. The van der Waals surface area contributed by atoms with Gasteiger partial charge in [-0.2, -0.15) is 39.5 Å². The maximum absolute atomic E-state index is 13.4. The zero-order chi connectivity index (χ0) is 36.2. The van der Waals surface area contributed by atoms with Crippen LogP contribution in [0.3, 0.4) is 0 Å². The standard InChI is InChI=1S/C20H26N4O2.3C2HF3O2/c1-22-10-11-24(15-17-3-2-7-21-13-17)19(25)20(22)5-8-23(9-6-20)14-18-4-12-26-16-18;3*3-2(4,5)1(6)7/h2-4,7,12-13,16H,5-6,8-11,14-15H2,1H3;3*(H,6,7). The van der Waals surface area contributed by atoms with Gasteiger partial charge in [0.2, 0.25) is 5.91 Å². The molecule has 21 heteroatoms. The highest BCUT2D eigenvalue weighted by molar-refractivity contribution is 5.87. The molecule has 2 aromatic heterocycles. The first-order valence-corrected chi connectivity index (χ1v) is 13.0. The van der Waals surface area contributed by atoms with Gasteiger partial charge in [-0.15, -0.1) is 0 Å². The summed E-state index contributed by atoms with van der Waals surface area (Å²) in [6.07, 6.45) is -6.35. The number of amides is 1. The molecule has 0 unspecified atom stereocenters. The minimum atomic E-state index is -5.08. The molecule has 0 saturated carbocycles. The van der Waals surface area contributed by atoms with Crippen LogP contribution in [-0.2, 0) is 32.3 Å². The van der Waals surface area contributed by atoms with E-state index in [1.807, 2.05) is 29.3 Å². The number of piperazine rings is 1. The summed E-state index contributed by atoms with van der Waals surface area (Å²) >= 11 is 0. The molecule has 2 aromatic rings. The van der Waals surface area contributed by atoms with E-state index in [2.05, 4.69) is 21.8 Å². The predicted molar refractivity (Wildman–Crippen MR) is 139 cm³/mol. The number of carboxylic acids is 3. The Morgan fingerprint density at radius 1 is 0.809 bits per heavy atom. The first kappa shape index (κ1) is 40.6. The van der Waals surface area contributed by atoms with Crippen molar-refractivity contribution >= 4 is 23.8 Å². The highest BCUT2D eigenvalue weighted by Crippen LogP contribution is 2.34. The molecule has 1 amide bonds. The number of aromatic nitrogens is 1. The van der Waals surface area contributed by atoms with Gasteiger partial charge in [0, 0.05) is 57.2 Å². The number of carbonyl (C=O) groups excluding carboxylic acids is 1. The van der Waals surface area contributed by atoms with Gasteiger partial charge in [-0.1, -0.05) is 6.07 Å². The number of aliphatic carboxylic acids is 3. The number of halogens is 9. The first-order valence-electron chi connectivity index (χ1n) is 13.0. The molecular weight excluding hydrogens is 667 g/mol. The molecule has 2 saturated heterocycles. The fraction of sp³-hybridized carbons (Fsp3) is 0.500. The third kappa shape index (κ3) is 13.5. The van der Waals surface area contributed by atoms with Crippen molar-refractivity contribution in [2.75, 3.05) is 33.2 Å². The van der Waals surface area contributed by atoms with Crippen LogP contribution in [0, 0.1) is 0 Å². The lowest BCUT2D eigenvalue weighted by atomic mass is 9.82. The van der Waals surface area contributed by atoms with Crippen LogP contribution in [0.4, 0.5) is 39.5 Å². The van der Waals surface area contributed by atoms with Crippen LogP contribution in [0.2, 0.25) is 0 Å². The van der Waals surface area contributed by atoms with Crippen LogP contribution in [-0.4, -0.2) is 116 Å². The highest BCUT2D eigenvalue weighted by Gasteiger charge is 2.49. The normalized spacial score (nSPS) is 16.9. The number of hydrogen-bond acceptors (Lipinski definition) is 8. The summed E-state index contributed by atoms with van der Waals surface area (Å²) in [6, 6.07) is 5.98. The van der Waals surface area contributed by atoms with Gasteiger partial charge in [0.05, 0.1) is 12.5 Å². The van der Waals surface area contributed by atoms with Crippen LogP contribution < -0.4 is 0 Å². The van der Waals surface area contributed by atoms with E-state index < -0.39 is 36.4 Å². The van der Waals surface area contributed by atoms with Crippen LogP contribution in [0.1, 0.15) is 24.0 Å². The monoisotopic (exact) mass is 696 g/mol. The van der Waals surface area contributed by atoms with E-state index in [9.17, 15) is 44.3 Å². The van der Waals surface area contributed by atoms with Crippen molar-refractivity contribution < 1.29 is 78.4 Å². The van der Waals surface area contributed by atoms with Crippen LogP contribution in [0.25, 0.3) is 0 Å². The van der Waals surface area contributed by atoms with E-state index in [1.54, 1.807) is 18.7 Å². The van der Waals surface area contributed by atoms with Gasteiger partial charge in [-0.05, 0) is 37.6 Å². The quantitative estimate of drug-likeness (QED) is 0.398. The van der Waals surface area contributed by atoms with Gasteiger partial charge < -0.3 is 24.6 Å². The van der Waals surface area contributed by atoms with E-state index in [0.29, 0.717) is 6.54 Å². The largest absolute Gasteiger partial charge is 0.490 e. The number of carbonyl (C=O) groups is 4. The Bertz CT molecular complexity index is 1240. The Labute approximate surface area is 260 Å². The smallest absolute Gasteiger partial charge is 0.475 e. The van der Waals surface area contributed by atoms with Gasteiger partial charge in [0.1, 0.15) is 5.54 Å². The lowest BCUT2D eigenvalue weighted by Gasteiger charge is -2.51. The van der Waals surface area contributed by atoms with Crippen molar-refractivity contribution in [3.8, 4) is 0 Å². The fourth-order valence-electron chi connectivity index (χ4n) is 4.22.